The minimum absolute atomic E-state index is 0.0956. The number of likely N-dealkylation sites (N-methyl/N-ethyl adjacent to an activating group) is 1. The van der Waals surface area contributed by atoms with Gasteiger partial charge in [-0.15, -0.1) is 0 Å². The van der Waals surface area contributed by atoms with Gasteiger partial charge in [0.1, 0.15) is 5.75 Å². The van der Waals surface area contributed by atoms with Crippen LogP contribution in [0.3, 0.4) is 0 Å². The number of ether oxygens (including phenoxy) is 1. The molecule has 0 spiro atoms. The van der Waals surface area contributed by atoms with E-state index in [0.717, 1.165) is 16.9 Å². The van der Waals surface area contributed by atoms with E-state index < -0.39 is 0 Å². The van der Waals surface area contributed by atoms with Gasteiger partial charge in [-0.25, -0.2) is 0 Å². The minimum atomic E-state index is 0.0956. The summed E-state index contributed by atoms with van der Waals surface area (Å²) in [5, 5.41) is 2.83. The normalized spacial score (nSPS) is 9.93. The van der Waals surface area contributed by atoms with Gasteiger partial charge in [-0.3, -0.25) is 4.79 Å². The van der Waals surface area contributed by atoms with E-state index >= 15 is 0 Å². The number of aryl methyl sites for hydroxylation is 1. The number of benzene rings is 1. The zero-order valence-corrected chi connectivity index (χ0v) is 8.76. The molecule has 1 N–H and O–H groups in total. The van der Waals surface area contributed by atoms with Crippen molar-refractivity contribution in [3.8, 4) is 5.75 Å². The fourth-order valence-corrected chi connectivity index (χ4v) is 1.31. The Bertz CT molecular complexity index is 334. The predicted molar refractivity (Wildman–Crippen MR) is 56.0 cm³/mol. The second kappa shape index (κ2) is 4.77. The van der Waals surface area contributed by atoms with Crippen molar-refractivity contribution in [1.82, 2.24) is 5.32 Å². The van der Waals surface area contributed by atoms with Crippen LogP contribution in [0.4, 0.5) is 0 Å². The van der Waals surface area contributed by atoms with Crippen LogP contribution in [-0.4, -0.2) is 26.5 Å². The lowest BCUT2D eigenvalue weighted by atomic mass is 10.1. The monoisotopic (exact) mass is 193 g/mol. The van der Waals surface area contributed by atoms with E-state index in [1.807, 2.05) is 19.1 Å². The number of hydrogen-bond donors (Lipinski definition) is 1. The molecule has 76 valence electrons. The first-order valence-corrected chi connectivity index (χ1v) is 4.51. The summed E-state index contributed by atoms with van der Waals surface area (Å²) in [6, 6.07) is 5.45. The molecule has 0 aliphatic heterocycles. The van der Waals surface area contributed by atoms with Crippen molar-refractivity contribution in [2.45, 2.75) is 6.92 Å². The van der Waals surface area contributed by atoms with Crippen molar-refractivity contribution < 1.29 is 9.53 Å². The smallest absolute Gasteiger partial charge is 0.176 e. The van der Waals surface area contributed by atoms with Gasteiger partial charge in [-0.1, -0.05) is 0 Å². The highest BCUT2D eigenvalue weighted by Gasteiger charge is 2.06. The molecule has 1 rings (SSSR count). The number of nitrogens with one attached hydrogen (secondary N) is 1. The first-order valence-electron chi connectivity index (χ1n) is 4.51. The average molecular weight is 193 g/mol. The van der Waals surface area contributed by atoms with Crippen LogP contribution in [0.25, 0.3) is 0 Å². The van der Waals surface area contributed by atoms with E-state index in [1.165, 1.54) is 0 Å². The summed E-state index contributed by atoms with van der Waals surface area (Å²) in [6.07, 6.45) is 0. The molecule has 0 atom stereocenters. The number of carbonyl (C=O) groups excluding carboxylic acids is 1. The van der Waals surface area contributed by atoms with E-state index in [0.29, 0.717) is 6.54 Å². The number of hydrogen-bond acceptors (Lipinski definition) is 3. The lowest BCUT2D eigenvalue weighted by Crippen LogP contribution is -2.18. The van der Waals surface area contributed by atoms with Gasteiger partial charge in [-0.05, 0) is 37.7 Å². The van der Waals surface area contributed by atoms with Gasteiger partial charge in [-0.2, -0.15) is 0 Å². The molecule has 3 nitrogen and oxygen atoms in total. The molecule has 0 heterocycles. The second-order valence-corrected chi connectivity index (χ2v) is 3.14. The zero-order valence-electron chi connectivity index (χ0n) is 8.76. The Balaban J connectivity index is 2.91. The maximum atomic E-state index is 11.5. The van der Waals surface area contributed by atoms with Gasteiger partial charge in [0.2, 0.25) is 0 Å². The van der Waals surface area contributed by atoms with E-state index in [4.69, 9.17) is 4.74 Å². The van der Waals surface area contributed by atoms with Crippen molar-refractivity contribution in [3.63, 3.8) is 0 Å². The van der Waals surface area contributed by atoms with Gasteiger partial charge in [0.25, 0.3) is 0 Å². The van der Waals surface area contributed by atoms with Crippen molar-refractivity contribution in [2.24, 2.45) is 0 Å². The van der Waals surface area contributed by atoms with Crippen molar-refractivity contribution in [1.29, 1.82) is 0 Å². The fourth-order valence-electron chi connectivity index (χ4n) is 1.31. The Hall–Kier alpha value is -1.35. The molecule has 0 saturated carbocycles. The summed E-state index contributed by atoms with van der Waals surface area (Å²) in [7, 11) is 3.38. The van der Waals surface area contributed by atoms with Crippen LogP contribution < -0.4 is 10.1 Å². The summed E-state index contributed by atoms with van der Waals surface area (Å²) in [5.41, 5.74) is 1.70. The highest BCUT2D eigenvalue weighted by Crippen LogP contribution is 2.18. The SMILES string of the molecule is CNCC(=O)c1ccc(OC)c(C)c1. The van der Waals surface area contributed by atoms with E-state index in [-0.39, 0.29) is 5.78 Å². The van der Waals surface area contributed by atoms with Crippen molar-refractivity contribution >= 4 is 5.78 Å². The maximum Gasteiger partial charge on any atom is 0.176 e. The van der Waals surface area contributed by atoms with E-state index in [9.17, 15) is 4.79 Å². The molecule has 14 heavy (non-hydrogen) atoms. The summed E-state index contributed by atoms with van der Waals surface area (Å²) in [6.45, 7) is 2.29. The molecule has 0 bridgehead atoms. The summed E-state index contributed by atoms with van der Waals surface area (Å²) in [4.78, 5) is 11.5. The van der Waals surface area contributed by atoms with Gasteiger partial charge in [0, 0.05) is 5.56 Å². The molecular formula is C11H15NO2. The standard InChI is InChI=1S/C11H15NO2/c1-8-6-9(10(13)7-12-2)4-5-11(8)14-3/h4-6,12H,7H2,1-3H3. The third kappa shape index (κ3) is 2.33. The number of carbonyl (C=O) groups is 1. The molecular weight excluding hydrogens is 178 g/mol. The van der Waals surface area contributed by atoms with Crippen molar-refractivity contribution in [3.05, 3.63) is 29.3 Å². The first kappa shape index (κ1) is 10.7. The van der Waals surface area contributed by atoms with Crippen molar-refractivity contribution in [2.75, 3.05) is 20.7 Å². The highest BCUT2D eigenvalue weighted by molar-refractivity contribution is 5.97. The molecule has 0 fully saturated rings. The number of methoxy groups -OCH3 is 1. The van der Waals surface area contributed by atoms with Crippen LogP contribution >= 0.6 is 0 Å². The molecule has 0 saturated heterocycles. The van der Waals surface area contributed by atoms with Crippen LogP contribution in [0.15, 0.2) is 18.2 Å². The highest BCUT2D eigenvalue weighted by atomic mass is 16.5. The maximum absolute atomic E-state index is 11.5. The number of ketones is 1. The molecule has 0 aliphatic rings. The van der Waals surface area contributed by atoms with E-state index in [1.54, 1.807) is 20.2 Å². The molecule has 0 aromatic heterocycles. The largest absolute Gasteiger partial charge is 0.496 e. The third-order valence-corrected chi connectivity index (χ3v) is 2.05. The van der Waals surface area contributed by atoms with Crippen LogP contribution in [-0.2, 0) is 0 Å². The minimum Gasteiger partial charge on any atom is -0.496 e. The average Bonchev–Trinajstić information content (AvgIpc) is 2.18. The van der Waals surface area contributed by atoms with Gasteiger partial charge in [0.05, 0.1) is 13.7 Å². The quantitative estimate of drug-likeness (QED) is 0.735. The number of Topliss-reactive ketones (excluding diaryl/α,β-unsaturated/α-hetero) is 1. The van der Waals surface area contributed by atoms with Gasteiger partial charge < -0.3 is 10.1 Å². The lowest BCUT2D eigenvalue weighted by Gasteiger charge is -2.06. The summed E-state index contributed by atoms with van der Waals surface area (Å²) >= 11 is 0. The Morgan fingerprint density at radius 3 is 2.71 bits per heavy atom. The van der Waals surface area contributed by atoms with Crippen LogP contribution in [0, 0.1) is 6.92 Å². The summed E-state index contributed by atoms with van der Waals surface area (Å²) in [5.74, 6) is 0.907. The molecule has 0 radical (unpaired) electrons. The Morgan fingerprint density at radius 1 is 1.50 bits per heavy atom. The second-order valence-electron chi connectivity index (χ2n) is 3.14. The van der Waals surface area contributed by atoms with Crippen LogP contribution in [0.1, 0.15) is 15.9 Å². The molecule has 3 heteroatoms. The Kier molecular flexibility index (Phi) is 3.65. The molecule has 1 aromatic carbocycles. The van der Waals surface area contributed by atoms with Crippen LogP contribution in [0.2, 0.25) is 0 Å². The van der Waals surface area contributed by atoms with Crippen LogP contribution in [0.5, 0.6) is 5.75 Å². The Morgan fingerprint density at radius 2 is 2.21 bits per heavy atom. The van der Waals surface area contributed by atoms with Gasteiger partial charge >= 0.3 is 0 Å². The number of rotatable bonds is 4. The zero-order chi connectivity index (χ0) is 10.6. The van der Waals surface area contributed by atoms with Gasteiger partial charge in [0.15, 0.2) is 5.78 Å². The fraction of sp³-hybridized carbons (Fsp3) is 0.364. The molecule has 1 aromatic rings. The Labute approximate surface area is 84.1 Å². The molecule has 0 unspecified atom stereocenters. The summed E-state index contributed by atoms with van der Waals surface area (Å²) < 4.78 is 5.11. The topological polar surface area (TPSA) is 38.3 Å². The van der Waals surface area contributed by atoms with E-state index in [2.05, 4.69) is 5.32 Å². The lowest BCUT2D eigenvalue weighted by molar-refractivity contribution is 0.0993. The third-order valence-electron chi connectivity index (χ3n) is 2.05. The first-order chi connectivity index (χ1) is 6.69. The predicted octanol–water partition coefficient (Wildman–Crippen LogP) is 1.41. The molecule has 0 aliphatic carbocycles. The molecule has 0 amide bonds.